The summed E-state index contributed by atoms with van der Waals surface area (Å²) in [5, 5.41) is 8.75. The van der Waals surface area contributed by atoms with Crippen LogP contribution in [0.15, 0.2) is 24.4 Å². The van der Waals surface area contributed by atoms with Gasteiger partial charge < -0.3 is 5.11 Å². The summed E-state index contributed by atoms with van der Waals surface area (Å²) in [4.78, 5) is 4.28. The zero-order valence-corrected chi connectivity index (χ0v) is 8.83. The minimum absolute atomic E-state index is 0.116. The van der Waals surface area contributed by atoms with E-state index in [0.717, 1.165) is 18.5 Å². The van der Waals surface area contributed by atoms with E-state index in [-0.39, 0.29) is 6.61 Å². The predicted octanol–water partition coefficient (Wildman–Crippen LogP) is 2.43. The summed E-state index contributed by atoms with van der Waals surface area (Å²) < 4.78 is 0. The molecular formula is C12H17NO. The Kier molecular flexibility index (Phi) is 4.33. The first-order valence-electron chi connectivity index (χ1n) is 5.16. The van der Waals surface area contributed by atoms with Crippen molar-refractivity contribution in [3.63, 3.8) is 0 Å². The van der Waals surface area contributed by atoms with Crippen LogP contribution < -0.4 is 0 Å². The minimum atomic E-state index is 0.116. The number of hydrogen-bond donors (Lipinski definition) is 1. The summed E-state index contributed by atoms with van der Waals surface area (Å²) in [5.41, 5.74) is 3.57. The van der Waals surface area contributed by atoms with Gasteiger partial charge in [0.2, 0.25) is 0 Å². The molecule has 2 nitrogen and oxygen atoms in total. The first-order chi connectivity index (χ1) is 6.92. The second-order valence-corrected chi connectivity index (χ2v) is 2.92. The van der Waals surface area contributed by atoms with Gasteiger partial charge in [-0.2, -0.15) is 0 Å². The molecule has 1 aliphatic rings. The van der Waals surface area contributed by atoms with Crippen LogP contribution in [0.4, 0.5) is 0 Å². The van der Waals surface area contributed by atoms with Crippen molar-refractivity contribution < 1.29 is 5.11 Å². The molecule has 14 heavy (non-hydrogen) atoms. The maximum absolute atomic E-state index is 8.75. The molecule has 0 amide bonds. The molecule has 1 heterocycles. The lowest BCUT2D eigenvalue weighted by atomic mass is 10.2. The Balaban J connectivity index is 0.000000461. The maximum Gasteiger partial charge on any atom is 0.0691 e. The molecule has 1 aromatic rings. The van der Waals surface area contributed by atoms with Crippen LogP contribution in [0, 0.1) is 0 Å². The fourth-order valence-corrected chi connectivity index (χ4v) is 1.63. The Labute approximate surface area is 85.3 Å². The Hall–Kier alpha value is -1.15. The van der Waals surface area contributed by atoms with Gasteiger partial charge in [0.25, 0.3) is 0 Å². The third kappa shape index (κ3) is 2.20. The highest BCUT2D eigenvalue weighted by atomic mass is 16.2. The van der Waals surface area contributed by atoms with Gasteiger partial charge in [0.1, 0.15) is 0 Å². The summed E-state index contributed by atoms with van der Waals surface area (Å²) in [6, 6.07) is 4.06. The smallest absolute Gasteiger partial charge is 0.0691 e. The fourth-order valence-electron chi connectivity index (χ4n) is 1.63. The number of hydrogen-bond acceptors (Lipinski definition) is 2. The number of nitrogens with zero attached hydrogens (tertiary/aromatic N) is 1. The first kappa shape index (κ1) is 10.9. The second-order valence-electron chi connectivity index (χ2n) is 2.92. The number of aryl methyl sites for hydroxylation is 1. The number of rotatable bonds is 1. The van der Waals surface area contributed by atoms with E-state index in [9.17, 15) is 0 Å². The number of aliphatic hydroxyl groups is 1. The van der Waals surface area contributed by atoms with Gasteiger partial charge in [0.15, 0.2) is 0 Å². The highest BCUT2D eigenvalue weighted by Crippen LogP contribution is 2.29. The molecule has 2 heteroatoms. The molecule has 1 N–H and O–H groups in total. The van der Waals surface area contributed by atoms with Crippen LogP contribution >= 0.6 is 0 Å². The van der Waals surface area contributed by atoms with Crippen LogP contribution in [-0.4, -0.2) is 16.7 Å². The maximum atomic E-state index is 8.75. The SMILES string of the molecule is CC.OC/C=C1\CCc2cccnc21. The molecule has 2 rings (SSSR count). The van der Waals surface area contributed by atoms with Crippen LogP contribution in [-0.2, 0) is 6.42 Å². The highest BCUT2D eigenvalue weighted by molar-refractivity contribution is 5.69. The minimum Gasteiger partial charge on any atom is -0.392 e. The molecule has 0 aromatic carbocycles. The largest absolute Gasteiger partial charge is 0.392 e. The quantitative estimate of drug-likeness (QED) is 0.739. The van der Waals surface area contributed by atoms with Gasteiger partial charge in [-0.15, -0.1) is 0 Å². The Morgan fingerprint density at radius 2 is 2.21 bits per heavy atom. The fraction of sp³-hybridized carbons (Fsp3) is 0.417. The lowest BCUT2D eigenvalue weighted by molar-refractivity contribution is 0.343. The van der Waals surface area contributed by atoms with Gasteiger partial charge in [-0.3, -0.25) is 4.98 Å². The van der Waals surface area contributed by atoms with Crippen molar-refractivity contribution in [2.45, 2.75) is 26.7 Å². The third-order valence-electron chi connectivity index (χ3n) is 2.20. The van der Waals surface area contributed by atoms with Crippen LogP contribution in [0.5, 0.6) is 0 Å². The van der Waals surface area contributed by atoms with Crippen molar-refractivity contribution in [2.75, 3.05) is 6.61 Å². The zero-order chi connectivity index (χ0) is 10.4. The third-order valence-corrected chi connectivity index (χ3v) is 2.20. The Morgan fingerprint density at radius 3 is 2.93 bits per heavy atom. The van der Waals surface area contributed by atoms with E-state index >= 15 is 0 Å². The van der Waals surface area contributed by atoms with Gasteiger partial charge in [-0.1, -0.05) is 26.0 Å². The average molecular weight is 191 g/mol. The molecule has 1 aliphatic carbocycles. The van der Waals surface area contributed by atoms with Gasteiger partial charge in [0.05, 0.1) is 12.3 Å². The van der Waals surface area contributed by atoms with Gasteiger partial charge in [0, 0.05) is 6.20 Å². The zero-order valence-electron chi connectivity index (χ0n) is 8.83. The van der Waals surface area contributed by atoms with E-state index in [2.05, 4.69) is 11.1 Å². The number of aliphatic hydroxyl groups excluding tert-OH is 1. The topological polar surface area (TPSA) is 33.1 Å². The predicted molar refractivity (Wildman–Crippen MR) is 59.0 cm³/mol. The van der Waals surface area contributed by atoms with Crippen LogP contribution in [0.1, 0.15) is 31.5 Å². The summed E-state index contributed by atoms with van der Waals surface area (Å²) in [7, 11) is 0. The Bertz CT molecular complexity index is 318. The van der Waals surface area contributed by atoms with E-state index in [0.29, 0.717) is 0 Å². The molecular weight excluding hydrogens is 174 g/mol. The van der Waals surface area contributed by atoms with Crippen LogP contribution in [0.25, 0.3) is 5.57 Å². The van der Waals surface area contributed by atoms with Crippen molar-refractivity contribution >= 4 is 5.57 Å². The highest BCUT2D eigenvalue weighted by Gasteiger charge is 2.15. The first-order valence-corrected chi connectivity index (χ1v) is 5.16. The van der Waals surface area contributed by atoms with Crippen molar-refractivity contribution in [3.8, 4) is 0 Å². The Morgan fingerprint density at radius 1 is 1.43 bits per heavy atom. The molecule has 76 valence electrons. The molecule has 0 saturated heterocycles. The molecule has 0 spiro atoms. The summed E-state index contributed by atoms with van der Waals surface area (Å²) >= 11 is 0. The van der Waals surface area contributed by atoms with E-state index in [1.165, 1.54) is 11.1 Å². The molecule has 0 radical (unpaired) electrons. The molecule has 0 bridgehead atoms. The normalized spacial score (nSPS) is 16.1. The molecule has 0 unspecified atom stereocenters. The second kappa shape index (κ2) is 5.55. The van der Waals surface area contributed by atoms with Gasteiger partial charge in [-0.05, 0) is 30.0 Å². The van der Waals surface area contributed by atoms with Gasteiger partial charge >= 0.3 is 0 Å². The lowest BCUT2D eigenvalue weighted by Gasteiger charge is -1.97. The molecule has 0 atom stereocenters. The molecule has 0 aliphatic heterocycles. The monoisotopic (exact) mass is 191 g/mol. The van der Waals surface area contributed by atoms with E-state index in [1.807, 2.05) is 26.0 Å². The molecule has 0 fully saturated rings. The standard InChI is InChI=1S/C10H11NO.C2H6/c12-7-5-9-4-3-8-2-1-6-11-10(8)9;1-2/h1-2,5-6,12H,3-4,7H2;1-2H3/b9-5+;. The molecule has 0 saturated carbocycles. The van der Waals surface area contributed by atoms with E-state index < -0.39 is 0 Å². The number of fused-ring (bicyclic) bond motifs is 1. The van der Waals surface area contributed by atoms with Gasteiger partial charge in [-0.25, -0.2) is 0 Å². The lowest BCUT2D eigenvalue weighted by Crippen LogP contribution is -1.86. The number of aromatic nitrogens is 1. The van der Waals surface area contributed by atoms with Crippen molar-refractivity contribution in [1.29, 1.82) is 0 Å². The van der Waals surface area contributed by atoms with E-state index in [4.69, 9.17) is 5.11 Å². The van der Waals surface area contributed by atoms with Crippen LogP contribution in [0.3, 0.4) is 0 Å². The number of allylic oxidation sites excluding steroid dienone is 1. The number of pyridine rings is 1. The van der Waals surface area contributed by atoms with Crippen molar-refractivity contribution in [3.05, 3.63) is 35.7 Å². The van der Waals surface area contributed by atoms with E-state index in [1.54, 1.807) is 6.20 Å². The molecule has 1 aromatic heterocycles. The summed E-state index contributed by atoms with van der Waals surface area (Å²) in [6.07, 6.45) is 5.73. The van der Waals surface area contributed by atoms with Crippen molar-refractivity contribution in [1.82, 2.24) is 4.98 Å². The summed E-state index contributed by atoms with van der Waals surface area (Å²) in [6.45, 7) is 4.12. The summed E-state index contributed by atoms with van der Waals surface area (Å²) in [5.74, 6) is 0. The van der Waals surface area contributed by atoms with Crippen LogP contribution in [0.2, 0.25) is 0 Å². The average Bonchev–Trinajstić information content (AvgIpc) is 2.66. The van der Waals surface area contributed by atoms with Crippen molar-refractivity contribution in [2.24, 2.45) is 0 Å².